The van der Waals surface area contributed by atoms with Crippen molar-refractivity contribution in [1.29, 1.82) is 0 Å². The quantitative estimate of drug-likeness (QED) is 0.533. The molecule has 0 radical (unpaired) electrons. The summed E-state index contributed by atoms with van der Waals surface area (Å²) in [6.07, 6.45) is 0. The molecule has 0 unspecified atom stereocenters. The van der Waals surface area contributed by atoms with Crippen molar-refractivity contribution in [3.63, 3.8) is 0 Å². The topological polar surface area (TPSA) is 77.3 Å². The van der Waals surface area contributed by atoms with Gasteiger partial charge in [-0.15, -0.1) is 11.3 Å². The monoisotopic (exact) mass is 341 g/mol. The second-order valence-electron chi connectivity index (χ2n) is 5.01. The highest BCUT2D eigenvalue weighted by Crippen LogP contribution is 2.28. The molecular weight excluding hydrogens is 326 g/mol. The van der Waals surface area contributed by atoms with Gasteiger partial charge in [-0.1, -0.05) is 30.3 Å². The number of methoxy groups -OCH3 is 1. The summed E-state index contributed by atoms with van der Waals surface area (Å²) in [7, 11) is 1.64. The highest BCUT2D eigenvalue weighted by Gasteiger charge is 2.10. The number of benzene rings is 2. The molecule has 0 atom stereocenters. The maximum absolute atomic E-state index is 10.9. The third-order valence-electron chi connectivity index (χ3n) is 3.48. The predicted octanol–water partition coefficient (Wildman–Crippen LogP) is 4.34. The SMILES string of the molecule is COc1ccccc1CNc1nc(-c2cccc([N+](=O)[O-])c2)cs1. The smallest absolute Gasteiger partial charge is 0.270 e. The van der Waals surface area contributed by atoms with Crippen LogP contribution in [0.25, 0.3) is 11.3 Å². The zero-order valence-corrected chi connectivity index (χ0v) is 13.7. The van der Waals surface area contributed by atoms with Crippen LogP contribution in [0.2, 0.25) is 0 Å². The predicted molar refractivity (Wildman–Crippen MR) is 94.5 cm³/mol. The first-order valence-corrected chi connectivity index (χ1v) is 8.11. The average molecular weight is 341 g/mol. The van der Waals surface area contributed by atoms with Crippen molar-refractivity contribution < 1.29 is 9.66 Å². The first-order chi connectivity index (χ1) is 11.7. The molecule has 0 aliphatic rings. The molecule has 1 aromatic heterocycles. The van der Waals surface area contributed by atoms with Gasteiger partial charge in [0.2, 0.25) is 0 Å². The number of nitrogens with zero attached hydrogens (tertiary/aromatic N) is 2. The van der Waals surface area contributed by atoms with Crippen molar-refractivity contribution in [2.24, 2.45) is 0 Å². The zero-order valence-electron chi connectivity index (χ0n) is 12.9. The van der Waals surface area contributed by atoms with Crippen molar-refractivity contribution in [2.45, 2.75) is 6.54 Å². The van der Waals surface area contributed by atoms with Gasteiger partial charge in [0.05, 0.1) is 17.7 Å². The number of thiazole rings is 1. The van der Waals surface area contributed by atoms with E-state index in [1.807, 2.05) is 35.7 Å². The molecule has 1 heterocycles. The minimum atomic E-state index is -0.406. The summed E-state index contributed by atoms with van der Waals surface area (Å²) in [6, 6.07) is 14.2. The van der Waals surface area contributed by atoms with Crippen LogP contribution in [0.4, 0.5) is 10.8 Å². The van der Waals surface area contributed by atoms with Crippen molar-refractivity contribution >= 4 is 22.2 Å². The molecule has 0 amide bonds. The van der Waals surface area contributed by atoms with Crippen molar-refractivity contribution in [3.05, 3.63) is 69.6 Å². The number of hydrogen-bond donors (Lipinski definition) is 1. The highest BCUT2D eigenvalue weighted by atomic mass is 32.1. The number of nitro benzene ring substituents is 1. The molecule has 2 aromatic carbocycles. The summed E-state index contributed by atoms with van der Waals surface area (Å²) in [4.78, 5) is 15.0. The Morgan fingerprint density at radius 2 is 2.08 bits per heavy atom. The van der Waals surface area contributed by atoms with Crippen LogP contribution in [0.5, 0.6) is 5.75 Å². The molecule has 0 aliphatic heterocycles. The molecule has 0 fully saturated rings. The Morgan fingerprint density at radius 3 is 2.88 bits per heavy atom. The Bertz CT molecular complexity index is 864. The fourth-order valence-corrected chi connectivity index (χ4v) is 3.00. The molecule has 3 aromatic rings. The summed E-state index contributed by atoms with van der Waals surface area (Å²) in [5.74, 6) is 0.820. The summed E-state index contributed by atoms with van der Waals surface area (Å²) in [5.41, 5.74) is 2.54. The van der Waals surface area contributed by atoms with Crippen LogP contribution in [0.3, 0.4) is 0 Å². The van der Waals surface area contributed by atoms with E-state index in [1.165, 1.54) is 23.5 Å². The number of anilines is 1. The number of nitro groups is 1. The van der Waals surface area contributed by atoms with Crippen molar-refractivity contribution in [1.82, 2.24) is 4.98 Å². The molecule has 0 saturated carbocycles. The van der Waals surface area contributed by atoms with E-state index in [-0.39, 0.29) is 5.69 Å². The number of hydrogen-bond acceptors (Lipinski definition) is 6. The Morgan fingerprint density at radius 1 is 1.25 bits per heavy atom. The van der Waals surface area contributed by atoms with Gasteiger partial charge in [-0.3, -0.25) is 10.1 Å². The number of ether oxygens (including phenoxy) is 1. The van der Waals surface area contributed by atoms with E-state index in [2.05, 4.69) is 10.3 Å². The van der Waals surface area contributed by atoms with Crippen LogP contribution < -0.4 is 10.1 Å². The molecule has 122 valence electrons. The van der Waals surface area contributed by atoms with Gasteiger partial charge in [0.15, 0.2) is 5.13 Å². The average Bonchev–Trinajstić information content (AvgIpc) is 3.09. The Kier molecular flexibility index (Phi) is 4.72. The Balaban J connectivity index is 1.74. The lowest BCUT2D eigenvalue weighted by molar-refractivity contribution is -0.384. The van der Waals surface area contributed by atoms with E-state index >= 15 is 0 Å². The third-order valence-corrected chi connectivity index (χ3v) is 4.28. The zero-order chi connectivity index (χ0) is 16.9. The lowest BCUT2D eigenvalue weighted by atomic mass is 10.1. The van der Waals surface area contributed by atoms with Gasteiger partial charge >= 0.3 is 0 Å². The third kappa shape index (κ3) is 3.52. The molecule has 0 aliphatic carbocycles. The first kappa shape index (κ1) is 15.9. The number of non-ortho nitro benzene ring substituents is 1. The van der Waals surface area contributed by atoms with Gasteiger partial charge in [0, 0.05) is 35.2 Å². The van der Waals surface area contributed by atoms with Gasteiger partial charge in [-0.25, -0.2) is 4.98 Å². The fraction of sp³-hybridized carbons (Fsp3) is 0.118. The lowest BCUT2D eigenvalue weighted by Gasteiger charge is -2.08. The number of para-hydroxylation sites is 1. The molecule has 0 bridgehead atoms. The van der Waals surface area contributed by atoms with E-state index < -0.39 is 4.92 Å². The molecule has 0 saturated heterocycles. The Hall–Kier alpha value is -2.93. The van der Waals surface area contributed by atoms with Gasteiger partial charge < -0.3 is 10.1 Å². The maximum Gasteiger partial charge on any atom is 0.270 e. The van der Waals surface area contributed by atoms with E-state index in [0.717, 1.165) is 22.0 Å². The summed E-state index contributed by atoms with van der Waals surface area (Å²) < 4.78 is 5.32. The van der Waals surface area contributed by atoms with Crippen LogP contribution in [-0.4, -0.2) is 17.0 Å². The van der Waals surface area contributed by atoms with Crippen LogP contribution in [0, 0.1) is 10.1 Å². The maximum atomic E-state index is 10.9. The molecule has 3 rings (SSSR count). The van der Waals surface area contributed by atoms with E-state index in [4.69, 9.17) is 4.74 Å². The molecule has 6 nitrogen and oxygen atoms in total. The number of aromatic nitrogens is 1. The minimum absolute atomic E-state index is 0.0593. The van der Waals surface area contributed by atoms with Gasteiger partial charge in [0.25, 0.3) is 5.69 Å². The van der Waals surface area contributed by atoms with Gasteiger partial charge in [0.1, 0.15) is 5.75 Å². The normalized spacial score (nSPS) is 10.4. The largest absolute Gasteiger partial charge is 0.496 e. The summed E-state index contributed by atoms with van der Waals surface area (Å²) in [5, 5.41) is 16.8. The molecule has 1 N–H and O–H groups in total. The van der Waals surface area contributed by atoms with Gasteiger partial charge in [-0.2, -0.15) is 0 Å². The Labute approximate surface area is 142 Å². The van der Waals surface area contributed by atoms with E-state index in [9.17, 15) is 10.1 Å². The van der Waals surface area contributed by atoms with Crippen LogP contribution in [0.1, 0.15) is 5.56 Å². The first-order valence-electron chi connectivity index (χ1n) is 7.23. The van der Waals surface area contributed by atoms with Crippen LogP contribution >= 0.6 is 11.3 Å². The van der Waals surface area contributed by atoms with Crippen LogP contribution in [0.15, 0.2) is 53.9 Å². The highest BCUT2D eigenvalue weighted by molar-refractivity contribution is 7.14. The second kappa shape index (κ2) is 7.10. The van der Waals surface area contributed by atoms with Crippen LogP contribution in [-0.2, 0) is 6.54 Å². The standard InChI is InChI=1S/C17H15N3O3S/c1-23-16-8-3-2-5-13(16)10-18-17-19-15(11-24-17)12-6-4-7-14(9-12)20(21)22/h2-9,11H,10H2,1H3,(H,18,19). The van der Waals surface area contributed by atoms with E-state index in [1.54, 1.807) is 13.2 Å². The molecule has 24 heavy (non-hydrogen) atoms. The van der Waals surface area contributed by atoms with Crippen molar-refractivity contribution in [2.75, 3.05) is 12.4 Å². The molecule has 0 spiro atoms. The molecular formula is C17H15N3O3S. The number of nitrogens with one attached hydrogen (secondary N) is 1. The van der Waals surface area contributed by atoms with Crippen molar-refractivity contribution in [3.8, 4) is 17.0 Å². The lowest BCUT2D eigenvalue weighted by Crippen LogP contribution is -2.01. The van der Waals surface area contributed by atoms with E-state index in [0.29, 0.717) is 12.2 Å². The summed E-state index contributed by atoms with van der Waals surface area (Å²) in [6.45, 7) is 0.589. The minimum Gasteiger partial charge on any atom is -0.496 e. The number of rotatable bonds is 6. The fourth-order valence-electron chi connectivity index (χ4n) is 2.29. The summed E-state index contributed by atoms with van der Waals surface area (Å²) >= 11 is 1.46. The van der Waals surface area contributed by atoms with Gasteiger partial charge in [-0.05, 0) is 6.07 Å². The molecule has 7 heteroatoms. The second-order valence-corrected chi connectivity index (χ2v) is 5.87.